The Labute approximate surface area is 202 Å². The van der Waals surface area contributed by atoms with E-state index < -0.39 is 0 Å². The van der Waals surface area contributed by atoms with Crippen molar-refractivity contribution in [3.8, 4) is 5.69 Å². The number of hydrogen-bond acceptors (Lipinski definition) is 7. The van der Waals surface area contributed by atoms with Gasteiger partial charge in [-0.1, -0.05) is 47.7 Å². The number of benzene rings is 2. The number of hydrogen-bond donors (Lipinski definition) is 1. The Morgan fingerprint density at radius 2 is 1.88 bits per heavy atom. The van der Waals surface area contributed by atoms with Crippen LogP contribution in [0.3, 0.4) is 0 Å². The van der Waals surface area contributed by atoms with Crippen molar-refractivity contribution in [2.45, 2.75) is 17.0 Å². The van der Waals surface area contributed by atoms with Crippen molar-refractivity contribution in [2.24, 2.45) is 0 Å². The zero-order valence-corrected chi connectivity index (χ0v) is 20.2. The Hall–Kier alpha value is -2.75. The molecule has 0 radical (unpaired) electrons. The third kappa shape index (κ3) is 5.98. The number of nitrogens with zero attached hydrogens (tertiary/aromatic N) is 4. The number of anilines is 2. The van der Waals surface area contributed by atoms with E-state index in [1.54, 1.807) is 11.8 Å². The predicted octanol–water partition coefficient (Wildman–Crippen LogP) is 4.42. The van der Waals surface area contributed by atoms with Gasteiger partial charge in [0.2, 0.25) is 11.9 Å². The van der Waals surface area contributed by atoms with Crippen molar-refractivity contribution in [3.05, 3.63) is 66.7 Å². The van der Waals surface area contributed by atoms with Crippen LogP contribution in [0.2, 0.25) is 0 Å². The van der Waals surface area contributed by atoms with Crippen LogP contribution in [0.4, 0.5) is 11.6 Å². The van der Waals surface area contributed by atoms with Gasteiger partial charge in [0.15, 0.2) is 5.16 Å². The number of carbonyl (C=O) groups excluding carboxylic acids is 1. The van der Waals surface area contributed by atoms with E-state index in [0.717, 1.165) is 41.1 Å². The van der Waals surface area contributed by atoms with E-state index in [1.165, 1.54) is 17.3 Å². The maximum absolute atomic E-state index is 12.8. The molecule has 2 heterocycles. The van der Waals surface area contributed by atoms with E-state index in [-0.39, 0.29) is 11.7 Å². The number of aryl methyl sites for hydroxylation is 1. The van der Waals surface area contributed by atoms with Gasteiger partial charge >= 0.3 is 0 Å². The molecule has 2 aromatic carbocycles. The molecule has 4 rings (SSSR count). The first-order valence-corrected chi connectivity index (χ1v) is 12.7. The van der Waals surface area contributed by atoms with Crippen molar-refractivity contribution in [2.75, 3.05) is 48.0 Å². The monoisotopic (exact) mass is 481 g/mol. The van der Waals surface area contributed by atoms with Gasteiger partial charge in [-0.2, -0.15) is 0 Å². The Morgan fingerprint density at radius 1 is 1.12 bits per heavy atom. The summed E-state index contributed by atoms with van der Waals surface area (Å²) < 4.78 is 7.52. The van der Waals surface area contributed by atoms with Crippen LogP contribution in [0.15, 0.2) is 71.2 Å². The summed E-state index contributed by atoms with van der Waals surface area (Å²) >= 11 is 3.02. The molecule has 0 unspecified atom stereocenters. The lowest BCUT2D eigenvalue weighted by Gasteiger charge is -2.28. The molecule has 172 valence electrons. The molecule has 1 N–H and O–H groups in total. The Morgan fingerprint density at radius 3 is 2.64 bits per heavy atom. The van der Waals surface area contributed by atoms with Crippen molar-refractivity contribution >= 4 is 41.1 Å². The number of nitrogens with one attached hydrogen (secondary N) is 1. The molecular weight excluding hydrogens is 454 g/mol. The summed E-state index contributed by atoms with van der Waals surface area (Å²) in [7, 11) is 0. The van der Waals surface area contributed by atoms with E-state index >= 15 is 0 Å². The van der Waals surface area contributed by atoms with Crippen LogP contribution in [0.25, 0.3) is 5.69 Å². The van der Waals surface area contributed by atoms with Crippen LogP contribution >= 0.6 is 23.5 Å². The number of aromatic nitrogens is 3. The Kier molecular flexibility index (Phi) is 8.09. The largest absolute Gasteiger partial charge is 0.378 e. The van der Waals surface area contributed by atoms with Gasteiger partial charge in [-0.15, -0.1) is 28.5 Å². The first kappa shape index (κ1) is 23.4. The number of ether oxygens (including phenoxy) is 1. The maximum Gasteiger partial charge on any atom is 0.234 e. The summed E-state index contributed by atoms with van der Waals surface area (Å²) in [6.07, 6.45) is 1.85. The van der Waals surface area contributed by atoms with Gasteiger partial charge in [0, 0.05) is 23.7 Å². The first-order valence-electron chi connectivity index (χ1n) is 10.8. The average Bonchev–Trinajstić information content (AvgIpc) is 3.27. The average molecular weight is 482 g/mol. The zero-order chi connectivity index (χ0) is 23.0. The molecule has 1 amide bonds. The molecule has 1 saturated heterocycles. The van der Waals surface area contributed by atoms with E-state index in [4.69, 9.17) is 4.74 Å². The number of amides is 1. The van der Waals surface area contributed by atoms with E-state index in [2.05, 4.69) is 58.2 Å². The maximum atomic E-state index is 12.8. The van der Waals surface area contributed by atoms with Crippen LogP contribution < -0.4 is 10.2 Å². The summed E-state index contributed by atoms with van der Waals surface area (Å²) in [6, 6.07) is 16.0. The molecule has 0 spiro atoms. The smallest absolute Gasteiger partial charge is 0.234 e. The van der Waals surface area contributed by atoms with E-state index in [0.29, 0.717) is 18.4 Å². The van der Waals surface area contributed by atoms with Crippen LogP contribution in [-0.2, 0) is 9.53 Å². The van der Waals surface area contributed by atoms with Gasteiger partial charge < -0.3 is 15.0 Å². The summed E-state index contributed by atoms with van der Waals surface area (Å²) in [5.74, 6) is 1.70. The molecule has 0 saturated carbocycles. The fourth-order valence-corrected chi connectivity index (χ4v) is 4.90. The van der Waals surface area contributed by atoms with Crippen LogP contribution in [0.1, 0.15) is 5.56 Å². The lowest BCUT2D eigenvalue weighted by molar-refractivity contribution is -0.113. The molecule has 1 fully saturated rings. The van der Waals surface area contributed by atoms with Gasteiger partial charge in [-0.3, -0.25) is 9.36 Å². The second-order valence-corrected chi connectivity index (χ2v) is 9.49. The van der Waals surface area contributed by atoms with Gasteiger partial charge in [0.05, 0.1) is 30.3 Å². The summed E-state index contributed by atoms with van der Waals surface area (Å²) in [6.45, 7) is 8.67. The fraction of sp³-hybridized carbons (Fsp3) is 0.292. The van der Waals surface area contributed by atoms with E-state index in [1.807, 2.05) is 34.9 Å². The number of rotatable bonds is 9. The minimum atomic E-state index is -0.0852. The second kappa shape index (κ2) is 11.4. The van der Waals surface area contributed by atoms with Crippen LogP contribution in [0.5, 0.6) is 0 Å². The zero-order valence-electron chi connectivity index (χ0n) is 18.6. The molecule has 0 bridgehead atoms. The molecule has 7 nitrogen and oxygen atoms in total. The highest BCUT2D eigenvalue weighted by molar-refractivity contribution is 8.00. The number of carbonyl (C=O) groups is 1. The van der Waals surface area contributed by atoms with Crippen molar-refractivity contribution < 1.29 is 9.53 Å². The topological polar surface area (TPSA) is 72.3 Å². The predicted molar refractivity (Wildman–Crippen MR) is 136 cm³/mol. The van der Waals surface area contributed by atoms with Crippen LogP contribution in [-0.4, -0.2) is 58.5 Å². The summed E-state index contributed by atoms with van der Waals surface area (Å²) in [4.78, 5) is 16.0. The number of thioether (sulfide) groups is 2. The fourth-order valence-electron chi connectivity index (χ4n) is 3.40. The minimum Gasteiger partial charge on any atom is -0.378 e. The van der Waals surface area contributed by atoms with Crippen molar-refractivity contribution in [1.82, 2.24) is 14.8 Å². The number of para-hydroxylation sites is 1. The molecule has 1 aliphatic heterocycles. The standard InChI is InChI=1S/C24H27N5O2S2/c1-3-16-32-21-7-5-4-6-20(21)25-22(30)17-33-24-27-26-23(28-12-14-31-15-13-28)29(24)19-10-8-18(2)9-11-19/h3-11H,1,12-17H2,2H3,(H,25,30). The normalized spacial score (nSPS) is 13.7. The van der Waals surface area contributed by atoms with Gasteiger partial charge in [-0.25, -0.2) is 0 Å². The van der Waals surface area contributed by atoms with E-state index in [9.17, 15) is 4.79 Å². The minimum absolute atomic E-state index is 0.0852. The summed E-state index contributed by atoms with van der Waals surface area (Å²) in [5.41, 5.74) is 2.96. The molecular formula is C24H27N5O2S2. The molecule has 33 heavy (non-hydrogen) atoms. The summed E-state index contributed by atoms with van der Waals surface area (Å²) in [5, 5.41) is 12.6. The Bertz CT molecular complexity index is 1090. The van der Waals surface area contributed by atoms with Gasteiger partial charge in [0.1, 0.15) is 0 Å². The third-order valence-electron chi connectivity index (χ3n) is 5.05. The SMILES string of the molecule is C=CCSc1ccccc1NC(=O)CSc1nnc(N2CCOCC2)n1-c1ccc(C)cc1. The molecule has 1 aliphatic rings. The van der Waals surface area contributed by atoms with Crippen LogP contribution in [0, 0.1) is 6.92 Å². The molecule has 9 heteroatoms. The molecule has 3 aromatic rings. The molecule has 0 atom stereocenters. The number of morpholine rings is 1. The highest BCUT2D eigenvalue weighted by Crippen LogP contribution is 2.29. The third-order valence-corrected chi connectivity index (χ3v) is 7.05. The van der Waals surface area contributed by atoms with Crippen molar-refractivity contribution in [3.63, 3.8) is 0 Å². The van der Waals surface area contributed by atoms with Gasteiger partial charge in [-0.05, 0) is 31.2 Å². The lowest BCUT2D eigenvalue weighted by Crippen LogP contribution is -2.37. The quantitative estimate of drug-likeness (QED) is 0.358. The molecule has 1 aromatic heterocycles. The van der Waals surface area contributed by atoms with Gasteiger partial charge in [0.25, 0.3) is 0 Å². The second-order valence-electron chi connectivity index (χ2n) is 7.49. The first-order chi connectivity index (χ1) is 16.2. The highest BCUT2D eigenvalue weighted by Gasteiger charge is 2.22. The lowest BCUT2D eigenvalue weighted by atomic mass is 10.2. The highest BCUT2D eigenvalue weighted by atomic mass is 32.2. The van der Waals surface area contributed by atoms with Crippen molar-refractivity contribution in [1.29, 1.82) is 0 Å². The molecule has 0 aliphatic carbocycles. The Balaban J connectivity index is 1.51.